The molecule has 0 fully saturated rings. The van der Waals surface area contributed by atoms with Crippen molar-refractivity contribution in [3.8, 4) is 29.9 Å². The molecule has 188 valence electrons. The topological polar surface area (TPSA) is 112 Å². The fourth-order valence-electron chi connectivity index (χ4n) is 3.22. The van der Waals surface area contributed by atoms with E-state index in [9.17, 15) is 19.6 Å². The molecule has 0 aliphatic carbocycles. The summed E-state index contributed by atoms with van der Waals surface area (Å²) in [6, 6.07) is 4.92. The minimum absolute atomic E-state index is 0.0238. The number of rotatable bonds is 11. The van der Waals surface area contributed by atoms with Gasteiger partial charge in [0.25, 0.3) is 0 Å². The summed E-state index contributed by atoms with van der Waals surface area (Å²) >= 11 is 7.24. The molecule has 1 aromatic heterocycles. The van der Waals surface area contributed by atoms with E-state index in [0.29, 0.717) is 16.0 Å². The van der Waals surface area contributed by atoms with Gasteiger partial charge in [0.2, 0.25) is 0 Å². The summed E-state index contributed by atoms with van der Waals surface area (Å²) in [6.45, 7) is 5.14. The van der Waals surface area contributed by atoms with Crippen LogP contribution in [0.5, 0.6) is 11.5 Å². The Morgan fingerprint density at radius 1 is 1.17 bits per heavy atom. The van der Waals surface area contributed by atoms with Crippen molar-refractivity contribution in [1.29, 1.82) is 5.26 Å². The SMILES string of the molecule is C#CCOc1c(Cl)cc(/C=C(\C#N)C(=O)Cc2sc(C(=O)OCC)c(C)c2C(=O)OCC)cc1OC. The van der Waals surface area contributed by atoms with Crippen molar-refractivity contribution < 1.29 is 33.3 Å². The van der Waals surface area contributed by atoms with Crippen LogP contribution in [0.25, 0.3) is 6.08 Å². The van der Waals surface area contributed by atoms with Crippen LogP contribution in [0.3, 0.4) is 0 Å². The van der Waals surface area contributed by atoms with Gasteiger partial charge >= 0.3 is 11.9 Å². The third-order valence-corrected chi connectivity index (χ3v) is 6.32. The molecule has 1 aromatic carbocycles. The molecule has 0 bridgehead atoms. The van der Waals surface area contributed by atoms with Crippen LogP contribution in [0.2, 0.25) is 5.02 Å². The smallest absolute Gasteiger partial charge is 0.348 e. The lowest BCUT2D eigenvalue weighted by molar-refractivity contribution is -0.114. The summed E-state index contributed by atoms with van der Waals surface area (Å²) < 4.78 is 20.9. The molecular formula is C26H24ClNO7S. The predicted octanol–water partition coefficient (Wildman–Crippen LogP) is 4.80. The lowest BCUT2D eigenvalue weighted by Crippen LogP contribution is -2.12. The second-order valence-electron chi connectivity index (χ2n) is 7.09. The number of nitriles is 1. The van der Waals surface area contributed by atoms with Crippen LogP contribution >= 0.6 is 22.9 Å². The Hall–Kier alpha value is -3.79. The van der Waals surface area contributed by atoms with E-state index >= 15 is 0 Å². The number of hydrogen-bond donors (Lipinski definition) is 0. The quantitative estimate of drug-likeness (QED) is 0.176. The number of nitrogens with zero attached hydrogens (tertiary/aromatic N) is 1. The number of hydrogen-bond acceptors (Lipinski definition) is 9. The number of carbonyl (C=O) groups is 3. The molecule has 2 rings (SSSR count). The van der Waals surface area contributed by atoms with E-state index in [4.69, 9.17) is 37.0 Å². The van der Waals surface area contributed by atoms with Crippen LogP contribution in [0, 0.1) is 30.6 Å². The highest BCUT2D eigenvalue weighted by Gasteiger charge is 2.28. The van der Waals surface area contributed by atoms with Crippen LogP contribution in [0.15, 0.2) is 17.7 Å². The first-order chi connectivity index (χ1) is 17.2. The van der Waals surface area contributed by atoms with Gasteiger partial charge in [-0.2, -0.15) is 5.26 Å². The molecule has 0 saturated carbocycles. The third-order valence-electron chi connectivity index (χ3n) is 4.76. The zero-order chi connectivity index (χ0) is 26.8. The van der Waals surface area contributed by atoms with Crippen LogP contribution < -0.4 is 9.47 Å². The number of halogens is 1. The van der Waals surface area contributed by atoms with Crippen molar-refractivity contribution >= 4 is 46.7 Å². The Morgan fingerprint density at radius 3 is 2.42 bits per heavy atom. The first-order valence-electron chi connectivity index (χ1n) is 10.8. The molecule has 2 aromatic rings. The summed E-state index contributed by atoms with van der Waals surface area (Å²) in [4.78, 5) is 38.5. The highest BCUT2D eigenvalue weighted by atomic mass is 35.5. The Kier molecular flexibility index (Phi) is 10.5. The van der Waals surface area contributed by atoms with E-state index in [2.05, 4.69) is 5.92 Å². The number of ketones is 1. The Balaban J connectivity index is 2.46. The molecule has 10 heteroatoms. The first-order valence-corrected chi connectivity index (χ1v) is 12.0. The molecule has 36 heavy (non-hydrogen) atoms. The van der Waals surface area contributed by atoms with Gasteiger partial charge in [-0.15, -0.1) is 17.8 Å². The van der Waals surface area contributed by atoms with Gasteiger partial charge in [-0.1, -0.05) is 17.5 Å². The van der Waals surface area contributed by atoms with Crippen molar-refractivity contribution in [3.05, 3.63) is 49.2 Å². The third kappa shape index (κ3) is 6.66. The van der Waals surface area contributed by atoms with Gasteiger partial charge in [0.1, 0.15) is 17.6 Å². The molecule has 0 saturated heterocycles. The van der Waals surface area contributed by atoms with Gasteiger partial charge in [0.05, 0.1) is 36.5 Å². The molecule has 0 N–H and O–H groups in total. The maximum atomic E-state index is 13.1. The number of methoxy groups -OCH3 is 1. The standard InChI is InChI=1S/C26H24ClNO7S/c1-6-9-35-23-18(27)11-16(12-20(23)32-5)10-17(14-28)19(29)13-21-22(25(30)33-7-2)15(4)24(36-21)26(31)34-8-3/h1,10-12H,7-9,13H2,2-5H3/b17-10+. The summed E-state index contributed by atoms with van der Waals surface area (Å²) in [5.41, 5.74) is 0.704. The normalized spacial score (nSPS) is 10.7. The van der Waals surface area contributed by atoms with Crippen molar-refractivity contribution in [2.75, 3.05) is 26.9 Å². The monoisotopic (exact) mass is 529 g/mol. The van der Waals surface area contributed by atoms with Gasteiger partial charge < -0.3 is 18.9 Å². The predicted molar refractivity (Wildman–Crippen MR) is 136 cm³/mol. The Labute approximate surface area is 218 Å². The fraction of sp³-hybridized carbons (Fsp3) is 0.308. The van der Waals surface area contributed by atoms with Crippen molar-refractivity contribution in [1.82, 2.24) is 0 Å². The van der Waals surface area contributed by atoms with Crippen LogP contribution in [0.4, 0.5) is 0 Å². The summed E-state index contributed by atoms with van der Waals surface area (Å²) in [5.74, 6) is 1.01. The lowest BCUT2D eigenvalue weighted by atomic mass is 10.0. The molecule has 0 spiro atoms. The fourth-order valence-corrected chi connectivity index (χ4v) is 4.68. The number of terminal acetylenes is 1. The zero-order valence-electron chi connectivity index (χ0n) is 20.2. The molecule has 0 atom stereocenters. The highest BCUT2D eigenvalue weighted by molar-refractivity contribution is 7.14. The largest absolute Gasteiger partial charge is 0.493 e. The molecular weight excluding hydrogens is 506 g/mol. The maximum Gasteiger partial charge on any atom is 0.348 e. The summed E-state index contributed by atoms with van der Waals surface area (Å²) in [7, 11) is 1.41. The van der Waals surface area contributed by atoms with Crippen LogP contribution in [-0.4, -0.2) is 44.7 Å². The van der Waals surface area contributed by atoms with E-state index in [-0.39, 0.29) is 58.8 Å². The lowest BCUT2D eigenvalue weighted by Gasteiger charge is -2.11. The molecule has 0 radical (unpaired) electrons. The van der Waals surface area contributed by atoms with E-state index in [1.54, 1.807) is 26.8 Å². The number of ether oxygens (including phenoxy) is 4. The van der Waals surface area contributed by atoms with E-state index in [1.807, 2.05) is 6.07 Å². The van der Waals surface area contributed by atoms with E-state index in [1.165, 1.54) is 19.3 Å². The summed E-state index contributed by atoms with van der Waals surface area (Å²) in [5, 5.41) is 9.85. The summed E-state index contributed by atoms with van der Waals surface area (Å²) in [6.07, 6.45) is 6.27. The maximum absolute atomic E-state index is 13.1. The molecule has 8 nitrogen and oxygen atoms in total. The average Bonchev–Trinajstić information content (AvgIpc) is 3.17. The van der Waals surface area contributed by atoms with Crippen LogP contribution in [0.1, 0.15) is 49.9 Å². The Morgan fingerprint density at radius 2 is 1.83 bits per heavy atom. The average molecular weight is 530 g/mol. The number of benzene rings is 1. The number of allylic oxidation sites excluding steroid dienone is 1. The minimum Gasteiger partial charge on any atom is -0.493 e. The number of Topliss-reactive ketones (excluding diaryl/α,β-unsaturated/α-hetero) is 1. The first kappa shape index (κ1) is 28.4. The second kappa shape index (κ2) is 13.3. The molecule has 1 heterocycles. The van der Waals surface area contributed by atoms with Crippen molar-refractivity contribution in [2.24, 2.45) is 0 Å². The zero-order valence-corrected chi connectivity index (χ0v) is 21.8. The number of carbonyl (C=O) groups excluding carboxylic acids is 3. The molecule has 0 aliphatic heterocycles. The van der Waals surface area contributed by atoms with Gasteiger partial charge in [-0.25, -0.2) is 9.59 Å². The van der Waals surface area contributed by atoms with Crippen molar-refractivity contribution in [3.63, 3.8) is 0 Å². The molecule has 0 unspecified atom stereocenters. The van der Waals surface area contributed by atoms with E-state index < -0.39 is 17.7 Å². The molecule has 0 amide bonds. The number of thiophene rings is 1. The van der Waals surface area contributed by atoms with Crippen molar-refractivity contribution in [2.45, 2.75) is 27.2 Å². The minimum atomic E-state index is -0.661. The second-order valence-corrected chi connectivity index (χ2v) is 8.60. The van der Waals surface area contributed by atoms with Crippen LogP contribution in [-0.2, 0) is 20.7 Å². The van der Waals surface area contributed by atoms with Gasteiger partial charge in [0, 0.05) is 11.3 Å². The highest BCUT2D eigenvalue weighted by Crippen LogP contribution is 2.37. The van der Waals surface area contributed by atoms with E-state index in [0.717, 1.165) is 11.3 Å². The number of esters is 2. The van der Waals surface area contributed by atoms with Gasteiger partial charge in [0.15, 0.2) is 17.3 Å². The van der Waals surface area contributed by atoms with Gasteiger partial charge in [-0.05, 0) is 50.1 Å². The van der Waals surface area contributed by atoms with Gasteiger partial charge in [-0.3, -0.25) is 4.79 Å². The molecule has 0 aliphatic rings. The Bertz CT molecular complexity index is 1280.